The third kappa shape index (κ3) is 4.71. The van der Waals surface area contributed by atoms with E-state index in [9.17, 15) is 8.42 Å². The monoisotopic (exact) mass is 254 g/mol. The molecule has 0 saturated heterocycles. The molecule has 0 aliphatic carbocycles. The van der Waals surface area contributed by atoms with Crippen LogP contribution >= 0.6 is 0 Å². The summed E-state index contributed by atoms with van der Waals surface area (Å²) in [6.07, 6.45) is 3.80. The first kappa shape index (κ1) is 13.9. The average Bonchev–Trinajstić information content (AvgIpc) is 2.27. The van der Waals surface area contributed by atoms with Crippen LogP contribution in [0.5, 0.6) is 0 Å². The van der Waals surface area contributed by atoms with Gasteiger partial charge < -0.3 is 0 Å². The molecule has 0 bridgehead atoms. The van der Waals surface area contributed by atoms with Crippen molar-refractivity contribution in [3.05, 3.63) is 41.5 Å². The summed E-state index contributed by atoms with van der Waals surface area (Å²) in [5, 5.41) is 0. The van der Waals surface area contributed by atoms with Crippen LogP contribution in [-0.2, 0) is 23.0 Å². The van der Waals surface area contributed by atoms with Gasteiger partial charge in [-0.2, -0.15) is 8.42 Å². The molecular formula is C13H18O3S. The Kier molecular flexibility index (Phi) is 4.90. The quantitative estimate of drug-likeness (QED) is 0.794. The van der Waals surface area contributed by atoms with Gasteiger partial charge in [0.1, 0.15) is 0 Å². The molecule has 0 radical (unpaired) electrons. The van der Waals surface area contributed by atoms with Crippen LogP contribution in [0.15, 0.2) is 24.8 Å². The third-order valence-electron chi connectivity index (χ3n) is 2.69. The topological polar surface area (TPSA) is 54.4 Å². The van der Waals surface area contributed by atoms with Crippen LogP contribution in [0.1, 0.15) is 30.0 Å². The molecule has 0 aliphatic heterocycles. The second-order valence-electron chi connectivity index (χ2n) is 3.98. The summed E-state index contributed by atoms with van der Waals surface area (Å²) in [4.78, 5) is 0. The standard InChI is InChI=1S/C13H18O3S/c1-3-11-7-8-13(12(4-2)10-11)6-5-9-17(14,15)16/h4,7-8,10H,2-3,5-6,9H2,1H3,(H,14,15,16). The van der Waals surface area contributed by atoms with Gasteiger partial charge in [0.05, 0.1) is 5.75 Å². The maximum absolute atomic E-state index is 10.6. The van der Waals surface area contributed by atoms with E-state index in [-0.39, 0.29) is 5.75 Å². The van der Waals surface area contributed by atoms with Crippen molar-refractivity contribution in [1.29, 1.82) is 0 Å². The smallest absolute Gasteiger partial charge is 0.264 e. The van der Waals surface area contributed by atoms with E-state index in [1.54, 1.807) is 6.08 Å². The Bertz CT molecular complexity index is 489. The summed E-state index contributed by atoms with van der Waals surface area (Å²) in [5.74, 6) is -0.195. The number of hydrogen-bond acceptors (Lipinski definition) is 2. The lowest BCUT2D eigenvalue weighted by Crippen LogP contribution is -2.05. The molecule has 0 unspecified atom stereocenters. The van der Waals surface area contributed by atoms with Gasteiger partial charge in [-0.15, -0.1) is 0 Å². The van der Waals surface area contributed by atoms with Crippen LogP contribution in [0.2, 0.25) is 0 Å². The molecule has 1 rings (SSSR count). The summed E-state index contributed by atoms with van der Waals surface area (Å²) in [6.45, 7) is 5.84. The molecule has 0 aromatic heterocycles. The summed E-state index contributed by atoms with van der Waals surface area (Å²) in [7, 11) is -3.85. The van der Waals surface area contributed by atoms with Crippen molar-refractivity contribution in [3.8, 4) is 0 Å². The van der Waals surface area contributed by atoms with Gasteiger partial charge in [0.2, 0.25) is 0 Å². The van der Waals surface area contributed by atoms with Crippen LogP contribution < -0.4 is 0 Å². The average molecular weight is 254 g/mol. The zero-order valence-electron chi connectivity index (χ0n) is 10.0. The first-order valence-corrected chi connectivity index (χ1v) is 7.26. The van der Waals surface area contributed by atoms with Gasteiger partial charge in [-0.1, -0.05) is 37.8 Å². The van der Waals surface area contributed by atoms with Gasteiger partial charge in [0, 0.05) is 0 Å². The van der Waals surface area contributed by atoms with Crippen molar-refractivity contribution in [2.75, 3.05) is 5.75 Å². The molecule has 0 atom stereocenters. The molecule has 0 heterocycles. The summed E-state index contributed by atoms with van der Waals surface area (Å²) >= 11 is 0. The van der Waals surface area contributed by atoms with Gasteiger partial charge in [-0.25, -0.2) is 0 Å². The molecule has 0 spiro atoms. The molecule has 17 heavy (non-hydrogen) atoms. The molecule has 1 aromatic carbocycles. The van der Waals surface area contributed by atoms with Crippen molar-refractivity contribution in [2.45, 2.75) is 26.2 Å². The number of rotatable bonds is 6. The highest BCUT2D eigenvalue weighted by molar-refractivity contribution is 7.85. The van der Waals surface area contributed by atoms with E-state index in [0.717, 1.165) is 17.5 Å². The Hall–Kier alpha value is -1.13. The van der Waals surface area contributed by atoms with Gasteiger partial charge >= 0.3 is 0 Å². The third-order valence-corrected chi connectivity index (χ3v) is 3.49. The highest BCUT2D eigenvalue weighted by Gasteiger charge is 2.06. The SMILES string of the molecule is C=Cc1cc(CC)ccc1CCCS(=O)(=O)O. The summed E-state index contributed by atoms with van der Waals surface area (Å²) in [5.41, 5.74) is 3.35. The minimum atomic E-state index is -3.85. The van der Waals surface area contributed by atoms with Crippen LogP contribution in [0, 0.1) is 0 Å². The summed E-state index contributed by atoms with van der Waals surface area (Å²) < 4.78 is 29.9. The van der Waals surface area contributed by atoms with Crippen LogP contribution in [0.25, 0.3) is 6.08 Å². The number of aryl methyl sites for hydroxylation is 2. The molecule has 4 heteroatoms. The largest absolute Gasteiger partial charge is 0.286 e. The lowest BCUT2D eigenvalue weighted by atomic mass is 9.99. The molecule has 0 aliphatic rings. The van der Waals surface area contributed by atoms with E-state index in [1.807, 2.05) is 12.1 Å². The minimum Gasteiger partial charge on any atom is -0.286 e. The van der Waals surface area contributed by atoms with Crippen LogP contribution in [0.4, 0.5) is 0 Å². The maximum atomic E-state index is 10.6. The van der Waals surface area contributed by atoms with Crippen LogP contribution in [-0.4, -0.2) is 18.7 Å². The number of hydrogen-bond donors (Lipinski definition) is 1. The second kappa shape index (κ2) is 5.98. The van der Waals surface area contributed by atoms with Crippen LogP contribution in [0.3, 0.4) is 0 Å². The van der Waals surface area contributed by atoms with Crippen molar-refractivity contribution in [3.63, 3.8) is 0 Å². The molecule has 0 fully saturated rings. The molecule has 0 amide bonds. The van der Waals surface area contributed by atoms with E-state index >= 15 is 0 Å². The lowest BCUT2D eigenvalue weighted by Gasteiger charge is -2.07. The zero-order chi connectivity index (χ0) is 12.9. The van der Waals surface area contributed by atoms with E-state index in [0.29, 0.717) is 12.8 Å². The number of benzene rings is 1. The Morgan fingerprint density at radius 2 is 2.12 bits per heavy atom. The molecule has 94 valence electrons. The van der Waals surface area contributed by atoms with Crippen molar-refractivity contribution >= 4 is 16.2 Å². The fourth-order valence-electron chi connectivity index (χ4n) is 1.73. The minimum absolute atomic E-state index is 0.195. The molecule has 1 aromatic rings. The predicted octanol–water partition coefficient (Wildman–Crippen LogP) is 2.71. The zero-order valence-corrected chi connectivity index (χ0v) is 10.8. The first-order valence-electron chi connectivity index (χ1n) is 5.65. The van der Waals surface area contributed by atoms with E-state index in [1.165, 1.54) is 5.56 Å². The Morgan fingerprint density at radius 3 is 2.65 bits per heavy atom. The summed E-state index contributed by atoms with van der Waals surface area (Å²) in [6, 6.07) is 6.10. The van der Waals surface area contributed by atoms with E-state index in [4.69, 9.17) is 4.55 Å². The van der Waals surface area contributed by atoms with Gasteiger partial charge in [-0.05, 0) is 36.0 Å². The van der Waals surface area contributed by atoms with Crippen molar-refractivity contribution in [1.82, 2.24) is 0 Å². The molecule has 0 saturated carbocycles. The molecule has 3 nitrogen and oxygen atoms in total. The van der Waals surface area contributed by atoms with E-state index < -0.39 is 10.1 Å². The van der Waals surface area contributed by atoms with E-state index in [2.05, 4.69) is 19.6 Å². The Balaban J connectivity index is 2.74. The lowest BCUT2D eigenvalue weighted by molar-refractivity contribution is 0.481. The maximum Gasteiger partial charge on any atom is 0.264 e. The molecule has 1 N–H and O–H groups in total. The van der Waals surface area contributed by atoms with Gasteiger partial charge in [0.15, 0.2) is 0 Å². The highest BCUT2D eigenvalue weighted by Crippen LogP contribution is 2.16. The van der Waals surface area contributed by atoms with Gasteiger partial charge in [0.25, 0.3) is 10.1 Å². The fourth-order valence-corrected chi connectivity index (χ4v) is 2.24. The van der Waals surface area contributed by atoms with Crippen molar-refractivity contribution in [2.24, 2.45) is 0 Å². The first-order chi connectivity index (χ1) is 7.96. The van der Waals surface area contributed by atoms with Gasteiger partial charge in [-0.3, -0.25) is 4.55 Å². The fraction of sp³-hybridized carbons (Fsp3) is 0.385. The Morgan fingerprint density at radius 1 is 1.41 bits per heavy atom. The normalized spacial score (nSPS) is 11.4. The molecular weight excluding hydrogens is 236 g/mol. The Labute approximate surface area is 103 Å². The van der Waals surface area contributed by atoms with Crippen molar-refractivity contribution < 1.29 is 13.0 Å². The highest BCUT2D eigenvalue weighted by atomic mass is 32.2. The second-order valence-corrected chi connectivity index (χ2v) is 5.55. The predicted molar refractivity (Wildman–Crippen MR) is 70.6 cm³/mol.